The van der Waals surface area contributed by atoms with Gasteiger partial charge in [0.1, 0.15) is 0 Å². The van der Waals surface area contributed by atoms with Crippen molar-refractivity contribution in [2.45, 2.75) is 6.10 Å². The summed E-state index contributed by atoms with van der Waals surface area (Å²) in [5, 5.41) is 0. The number of hydrogen-bond acceptors (Lipinski definition) is 3. The van der Waals surface area contributed by atoms with Crippen LogP contribution in [0.2, 0.25) is 0 Å². The molecule has 1 heterocycles. The summed E-state index contributed by atoms with van der Waals surface area (Å²) in [4.78, 5) is 0. The molecule has 2 nitrogen and oxygen atoms in total. The Kier molecular flexibility index (Phi) is 1.97. The number of nitrogens with one attached hydrogen (secondary N) is 1. The second-order valence-corrected chi connectivity index (χ2v) is 2.23. The van der Waals surface area contributed by atoms with Crippen molar-refractivity contribution in [3.8, 4) is 0 Å². The summed E-state index contributed by atoms with van der Waals surface area (Å²) in [5.41, 5.74) is 0. The van der Waals surface area contributed by atoms with E-state index >= 15 is 0 Å². The monoisotopic (exact) mass is 118 g/mol. The standard InChI is InChI=1S/C4H8NOS/c1-6-4-2-5-7-3-4/h2,4-5H,3H2,1H3. The van der Waals surface area contributed by atoms with E-state index in [1.807, 2.05) is 6.54 Å². The topological polar surface area (TPSA) is 21.3 Å². The molecule has 0 aromatic heterocycles. The molecule has 0 bridgehead atoms. The van der Waals surface area contributed by atoms with Crippen molar-refractivity contribution in [3.05, 3.63) is 6.54 Å². The Morgan fingerprint density at radius 2 is 2.86 bits per heavy atom. The molecule has 0 spiro atoms. The summed E-state index contributed by atoms with van der Waals surface area (Å²) in [6.07, 6.45) is 0.324. The van der Waals surface area contributed by atoms with E-state index in [-0.39, 0.29) is 0 Å². The number of methoxy groups -OCH3 is 1. The molecule has 0 amide bonds. The van der Waals surface area contributed by atoms with Crippen LogP contribution in [0.25, 0.3) is 0 Å². The molecule has 0 aromatic carbocycles. The molecular formula is C4H8NOS. The number of hydrogen-bond donors (Lipinski definition) is 1. The van der Waals surface area contributed by atoms with Gasteiger partial charge in [-0.15, -0.1) is 0 Å². The van der Waals surface area contributed by atoms with Crippen molar-refractivity contribution in [2.24, 2.45) is 0 Å². The third kappa shape index (κ3) is 1.33. The molecule has 1 radical (unpaired) electrons. The van der Waals surface area contributed by atoms with Crippen LogP contribution in [0.5, 0.6) is 0 Å². The highest BCUT2D eigenvalue weighted by Crippen LogP contribution is 2.11. The highest BCUT2D eigenvalue weighted by atomic mass is 32.2. The van der Waals surface area contributed by atoms with Crippen molar-refractivity contribution in [1.29, 1.82) is 0 Å². The maximum Gasteiger partial charge on any atom is 0.0852 e. The first-order valence-corrected chi connectivity index (χ1v) is 3.15. The largest absolute Gasteiger partial charge is 0.379 e. The molecule has 1 saturated heterocycles. The van der Waals surface area contributed by atoms with Gasteiger partial charge in [-0.2, -0.15) is 0 Å². The molecule has 0 aromatic rings. The van der Waals surface area contributed by atoms with E-state index in [0.29, 0.717) is 6.10 Å². The molecule has 1 N–H and O–H groups in total. The lowest BCUT2D eigenvalue weighted by molar-refractivity contribution is 0.149. The summed E-state index contributed by atoms with van der Waals surface area (Å²) < 4.78 is 7.96. The average Bonchev–Trinajstić information content (AvgIpc) is 2.14. The van der Waals surface area contributed by atoms with Gasteiger partial charge in [0, 0.05) is 12.9 Å². The Morgan fingerprint density at radius 3 is 3.14 bits per heavy atom. The summed E-state index contributed by atoms with van der Waals surface area (Å²) in [7, 11) is 1.72. The molecule has 3 heteroatoms. The van der Waals surface area contributed by atoms with Crippen molar-refractivity contribution >= 4 is 11.9 Å². The predicted molar refractivity (Wildman–Crippen MR) is 30.7 cm³/mol. The second-order valence-electron chi connectivity index (χ2n) is 1.37. The van der Waals surface area contributed by atoms with Gasteiger partial charge >= 0.3 is 0 Å². The second kappa shape index (κ2) is 2.55. The SMILES string of the molecule is COC1[CH]NSC1. The predicted octanol–water partition coefficient (Wildman–Crippen LogP) is 0.415. The Labute approximate surface area is 47.8 Å². The fraction of sp³-hybridized carbons (Fsp3) is 0.750. The van der Waals surface area contributed by atoms with Crippen LogP contribution in [0.4, 0.5) is 0 Å². The number of ether oxygens (including phenoxy) is 1. The molecule has 1 fully saturated rings. The Morgan fingerprint density at radius 1 is 2.00 bits per heavy atom. The van der Waals surface area contributed by atoms with Crippen LogP contribution in [0.15, 0.2) is 0 Å². The zero-order valence-electron chi connectivity index (χ0n) is 4.18. The summed E-state index contributed by atoms with van der Waals surface area (Å²) in [6.45, 7) is 1.95. The van der Waals surface area contributed by atoms with E-state index in [1.54, 1.807) is 19.1 Å². The van der Waals surface area contributed by atoms with Crippen LogP contribution in [0.1, 0.15) is 0 Å². The van der Waals surface area contributed by atoms with Gasteiger partial charge < -0.3 is 4.74 Å². The van der Waals surface area contributed by atoms with Gasteiger partial charge in [-0.3, -0.25) is 4.72 Å². The van der Waals surface area contributed by atoms with Gasteiger partial charge in [0.05, 0.1) is 12.6 Å². The Bertz CT molecular complexity index is 53.7. The van der Waals surface area contributed by atoms with E-state index in [4.69, 9.17) is 4.74 Å². The Balaban J connectivity index is 2.14. The third-order valence-corrected chi connectivity index (χ3v) is 1.69. The van der Waals surface area contributed by atoms with E-state index in [1.165, 1.54) is 0 Å². The molecule has 1 atom stereocenters. The molecule has 1 aliphatic heterocycles. The Hall–Kier alpha value is 0.270. The highest BCUT2D eigenvalue weighted by molar-refractivity contribution is 7.97. The number of rotatable bonds is 1. The first-order chi connectivity index (χ1) is 3.43. The summed E-state index contributed by atoms with van der Waals surface area (Å²) in [6, 6.07) is 0. The minimum Gasteiger partial charge on any atom is -0.379 e. The van der Waals surface area contributed by atoms with Crippen LogP contribution in [0.3, 0.4) is 0 Å². The minimum absolute atomic E-state index is 0.324. The molecule has 41 valence electrons. The molecular weight excluding hydrogens is 110 g/mol. The van der Waals surface area contributed by atoms with Gasteiger partial charge in [0.15, 0.2) is 0 Å². The van der Waals surface area contributed by atoms with Crippen LogP contribution in [0, 0.1) is 6.54 Å². The van der Waals surface area contributed by atoms with Crippen molar-refractivity contribution in [1.82, 2.24) is 4.72 Å². The van der Waals surface area contributed by atoms with Gasteiger partial charge in [0.2, 0.25) is 0 Å². The fourth-order valence-corrected chi connectivity index (χ4v) is 1.18. The van der Waals surface area contributed by atoms with Crippen molar-refractivity contribution in [3.63, 3.8) is 0 Å². The maximum atomic E-state index is 4.97. The summed E-state index contributed by atoms with van der Waals surface area (Å²) in [5.74, 6) is 1.04. The molecule has 0 aliphatic carbocycles. The van der Waals surface area contributed by atoms with E-state index in [0.717, 1.165) is 5.75 Å². The van der Waals surface area contributed by atoms with E-state index in [9.17, 15) is 0 Å². The average molecular weight is 118 g/mol. The zero-order chi connectivity index (χ0) is 5.11. The minimum atomic E-state index is 0.324. The zero-order valence-corrected chi connectivity index (χ0v) is 4.99. The normalized spacial score (nSPS) is 31.3. The lowest BCUT2D eigenvalue weighted by Crippen LogP contribution is -2.09. The summed E-state index contributed by atoms with van der Waals surface area (Å²) >= 11 is 1.68. The molecule has 1 unspecified atom stereocenters. The van der Waals surface area contributed by atoms with Gasteiger partial charge in [0.25, 0.3) is 0 Å². The van der Waals surface area contributed by atoms with Gasteiger partial charge in [-0.05, 0) is 0 Å². The quantitative estimate of drug-likeness (QED) is 0.504. The van der Waals surface area contributed by atoms with E-state index < -0.39 is 0 Å². The van der Waals surface area contributed by atoms with Crippen LogP contribution < -0.4 is 4.72 Å². The smallest absolute Gasteiger partial charge is 0.0852 e. The van der Waals surface area contributed by atoms with Crippen LogP contribution in [-0.2, 0) is 4.74 Å². The van der Waals surface area contributed by atoms with Crippen molar-refractivity contribution < 1.29 is 4.74 Å². The molecule has 1 aliphatic rings. The lowest BCUT2D eigenvalue weighted by atomic mass is 10.4. The molecule has 7 heavy (non-hydrogen) atoms. The van der Waals surface area contributed by atoms with E-state index in [2.05, 4.69) is 4.72 Å². The highest BCUT2D eigenvalue weighted by Gasteiger charge is 2.13. The molecule has 1 rings (SSSR count). The first kappa shape index (κ1) is 5.41. The van der Waals surface area contributed by atoms with Gasteiger partial charge in [-0.25, -0.2) is 0 Å². The lowest BCUT2D eigenvalue weighted by Gasteiger charge is -1.99. The fourth-order valence-electron chi connectivity index (χ4n) is 0.438. The van der Waals surface area contributed by atoms with Crippen molar-refractivity contribution in [2.75, 3.05) is 12.9 Å². The maximum absolute atomic E-state index is 4.97. The molecule has 0 saturated carbocycles. The van der Waals surface area contributed by atoms with Crippen LogP contribution >= 0.6 is 11.9 Å². The van der Waals surface area contributed by atoms with Gasteiger partial charge in [-0.1, -0.05) is 11.9 Å². The van der Waals surface area contributed by atoms with Crippen LogP contribution in [-0.4, -0.2) is 19.0 Å². The third-order valence-electron chi connectivity index (χ3n) is 0.888. The first-order valence-electron chi connectivity index (χ1n) is 2.17.